The zero-order valence-electron chi connectivity index (χ0n) is 18.9. The highest BCUT2D eigenvalue weighted by atomic mass is 35.5. The minimum absolute atomic E-state index is 0.0370. The number of aliphatic hydroxyl groups excluding tert-OH is 1. The summed E-state index contributed by atoms with van der Waals surface area (Å²) in [6.45, 7) is 0.236. The molecule has 180 valence electrons. The number of ketones is 1. The van der Waals surface area contributed by atoms with Crippen LogP contribution < -0.4 is 9.47 Å². The fraction of sp³-hybridized carbons (Fsp3) is 0.320. The average Bonchev–Trinajstić information content (AvgIpc) is 3.08. The summed E-state index contributed by atoms with van der Waals surface area (Å²) < 4.78 is 10.5. The van der Waals surface area contributed by atoms with E-state index in [2.05, 4.69) is 0 Å². The number of carboxylic acid groups (broad SMARTS) is 1. The summed E-state index contributed by atoms with van der Waals surface area (Å²) in [5.41, 5.74) is 0.886. The fourth-order valence-corrected chi connectivity index (χ4v) is 4.10. The highest BCUT2D eigenvalue weighted by Gasteiger charge is 2.45. The van der Waals surface area contributed by atoms with Crippen LogP contribution in [0.5, 0.6) is 11.5 Å². The Labute approximate surface area is 202 Å². The SMILES string of the molecule is COc1ccc(/C(O)=C2/C(=O)C(=O)N(CCCCCC(=O)O)C2c2ccc(Cl)cc2)cc1OC. The first-order valence-corrected chi connectivity index (χ1v) is 11.1. The molecular weight excluding hydrogens is 462 g/mol. The number of amides is 1. The third-order valence-electron chi connectivity index (χ3n) is 5.67. The lowest BCUT2D eigenvalue weighted by molar-refractivity contribution is -0.140. The number of hydrogen-bond donors (Lipinski definition) is 2. The van der Waals surface area contributed by atoms with E-state index in [4.69, 9.17) is 26.2 Å². The zero-order valence-corrected chi connectivity index (χ0v) is 19.7. The van der Waals surface area contributed by atoms with Gasteiger partial charge < -0.3 is 24.6 Å². The summed E-state index contributed by atoms with van der Waals surface area (Å²) in [5.74, 6) is -1.90. The van der Waals surface area contributed by atoms with E-state index >= 15 is 0 Å². The Kier molecular flexibility index (Phi) is 8.17. The van der Waals surface area contributed by atoms with Gasteiger partial charge in [0.15, 0.2) is 11.5 Å². The van der Waals surface area contributed by atoms with Gasteiger partial charge in [0.2, 0.25) is 0 Å². The molecule has 1 unspecified atom stereocenters. The number of unbranched alkanes of at least 4 members (excludes halogenated alkanes) is 2. The Balaban J connectivity index is 2.01. The number of carbonyl (C=O) groups excluding carboxylic acids is 2. The number of likely N-dealkylation sites (tertiary alicyclic amines) is 1. The number of Topliss-reactive ketones (excluding diaryl/α,β-unsaturated/α-hetero) is 1. The second kappa shape index (κ2) is 11.1. The largest absolute Gasteiger partial charge is 0.507 e. The maximum Gasteiger partial charge on any atom is 0.303 e. The molecule has 1 aliphatic rings. The average molecular weight is 488 g/mol. The number of nitrogens with zero attached hydrogens (tertiary/aromatic N) is 1. The van der Waals surface area contributed by atoms with Crippen LogP contribution in [0.1, 0.15) is 42.9 Å². The molecule has 0 bridgehead atoms. The summed E-state index contributed by atoms with van der Waals surface area (Å²) in [5, 5.41) is 20.5. The number of carbonyl (C=O) groups is 3. The van der Waals surface area contributed by atoms with Gasteiger partial charge in [-0.05, 0) is 48.7 Å². The molecular formula is C25H26ClNO7. The van der Waals surface area contributed by atoms with E-state index in [1.807, 2.05) is 0 Å². The Hall–Kier alpha value is -3.52. The van der Waals surface area contributed by atoms with Crippen molar-refractivity contribution in [3.63, 3.8) is 0 Å². The van der Waals surface area contributed by atoms with Gasteiger partial charge in [-0.2, -0.15) is 0 Å². The molecule has 1 aliphatic heterocycles. The molecule has 0 aliphatic carbocycles. The molecule has 1 heterocycles. The van der Waals surface area contributed by atoms with Crippen molar-refractivity contribution < 1.29 is 34.1 Å². The smallest absolute Gasteiger partial charge is 0.303 e. The van der Waals surface area contributed by atoms with E-state index in [1.54, 1.807) is 36.4 Å². The van der Waals surface area contributed by atoms with Crippen LogP contribution in [0.4, 0.5) is 0 Å². The molecule has 2 aromatic rings. The minimum atomic E-state index is -0.878. The Morgan fingerprint density at radius 2 is 1.65 bits per heavy atom. The van der Waals surface area contributed by atoms with Gasteiger partial charge in [-0.25, -0.2) is 0 Å². The molecule has 0 radical (unpaired) electrons. The van der Waals surface area contributed by atoms with E-state index in [-0.39, 0.29) is 24.3 Å². The maximum absolute atomic E-state index is 13.1. The number of ether oxygens (including phenoxy) is 2. The normalized spacial score (nSPS) is 17.1. The number of hydrogen-bond acceptors (Lipinski definition) is 6. The number of aliphatic carboxylic acids is 1. The van der Waals surface area contributed by atoms with Crippen molar-refractivity contribution in [3.8, 4) is 11.5 Å². The van der Waals surface area contributed by atoms with Gasteiger partial charge in [0.1, 0.15) is 5.76 Å². The Morgan fingerprint density at radius 3 is 2.26 bits per heavy atom. The van der Waals surface area contributed by atoms with E-state index in [0.29, 0.717) is 46.9 Å². The van der Waals surface area contributed by atoms with Gasteiger partial charge in [-0.1, -0.05) is 30.2 Å². The lowest BCUT2D eigenvalue weighted by Crippen LogP contribution is -2.30. The van der Waals surface area contributed by atoms with Crippen LogP contribution in [0.2, 0.25) is 5.02 Å². The third-order valence-corrected chi connectivity index (χ3v) is 5.92. The monoisotopic (exact) mass is 487 g/mol. The third kappa shape index (κ3) is 5.34. The van der Waals surface area contributed by atoms with Crippen LogP contribution in [-0.2, 0) is 14.4 Å². The number of aliphatic hydroxyl groups is 1. The molecule has 1 saturated heterocycles. The van der Waals surface area contributed by atoms with Crippen molar-refractivity contribution >= 4 is 35.0 Å². The predicted molar refractivity (Wildman–Crippen MR) is 126 cm³/mol. The van der Waals surface area contributed by atoms with Crippen molar-refractivity contribution in [2.24, 2.45) is 0 Å². The van der Waals surface area contributed by atoms with Gasteiger partial charge in [0.05, 0.1) is 25.8 Å². The zero-order chi connectivity index (χ0) is 24.8. The summed E-state index contributed by atoms with van der Waals surface area (Å²) >= 11 is 6.03. The number of rotatable bonds is 10. The second-order valence-corrected chi connectivity index (χ2v) is 8.25. The van der Waals surface area contributed by atoms with Crippen molar-refractivity contribution in [1.29, 1.82) is 0 Å². The summed E-state index contributed by atoms with van der Waals surface area (Å²) in [7, 11) is 2.94. The van der Waals surface area contributed by atoms with Crippen LogP contribution in [-0.4, -0.2) is 53.5 Å². The highest BCUT2D eigenvalue weighted by molar-refractivity contribution is 6.46. The van der Waals surface area contributed by atoms with E-state index in [0.717, 1.165) is 0 Å². The molecule has 8 nitrogen and oxygen atoms in total. The van der Waals surface area contributed by atoms with E-state index < -0.39 is 23.7 Å². The fourth-order valence-electron chi connectivity index (χ4n) is 3.98. The van der Waals surface area contributed by atoms with Crippen molar-refractivity contribution in [2.45, 2.75) is 31.7 Å². The van der Waals surface area contributed by atoms with Gasteiger partial charge in [-0.15, -0.1) is 0 Å². The second-order valence-electron chi connectivity index (χ2n) is 7.82. The highest BCUT2D eigenvalue weighted by Crippen LogP contribution is 2.41. The number of carboxylic acids is 1. The standard InChI is InChI=1S/C25H26ClNO7/c1-33-18-12-9-16(14-19(18)34-2)23(30)21-22(15-7-10-17(26)11-8-15)27(25(32)24(21)31)13-5-3-4-6-20(28)29/h7-12,14,22,30H,3-6,13H2,1-2H3,(H,28,29)/b23-21-. The van der Waals surface area contributed by atoms with Gasteiger partial charge >= 0.3 is 5.97 Å². The molecule has 0 aromatic heterocycles. The molecule has 2 N–H and O–H groups in total. The summed E-state index contributed by atoms with van der Waals surface area (Å²) in [4.78, 5) is 38.2. The van der Waals surface area contributed by atoms with Crippen molar-refractivity contribution in [2.75, 3.05) is 20.8 Å². The summed E-state index contributed by atoms with van der Waals surface area (Å²) in [6, 6.07) is 10.6. The van der Waals surface area contributed by atoms with Crippen LogP contribution in [0.25, 0.3) is 5.76 Å². The minimum Gasteiger partial charge on any atom is -0.507 e. The molecule has 1 fully saturated rings. The number of halogens is 1. The van der Waals surface area contributed by atoms with Crippen LogP contribution in [0.3, 0.4) is 0 Å². The lowest BCUT2D eigenvalue weighted by Gasteiger charge is -2.25. The summed E-state index contributed by atoms with van der Waals surface area (Å²) in [6.07, 6.45) is 1.61. The Bertz CT molecular complexity index is 1110. The van der Waals surface area contributed by atoms with Crippen molar-refractivity contribution in [1.82, 2.24) is 4.90 Å². The number of methoxy groups -OCH3 is 2. The van der Waals surface area contributed by atoms with Crippen LogP contribution >= 0.6 is 11.6 Å². The first-order chi connectivity index (χ1) is 16.3. The van der Waals surface area contributed by atoms with Gasteiger partial charge in [0.25, 0.3) is 11.7 Å². The molecule has 34 heavy (non-hydrogen) atoms. The molecule has 9 heteroatoms. The maximum atomic E-state index is 13.1. The first kappa shape index (κ1) is 25.1. The molecule has 3 rings (SSSR count). The van der Waals surface area contributed by atoms with Crippen LogP contribution in [0, 0.1) is 0 Å². The first-order valence-electron chi connectivity index (χ1n) is 10.8. The quantitative estimate of drug-likeness (QED) is 0.220. The molecule has 0 spiro atoms. The van der Waals surface area contributed by atoms with E-state index in [9.17, 15) is 19.5 Å². The Morgan fingerprint density at radius 1 is 0.971 bits per heavy atom. The molecule has 1 amide bonds. The molecule has 1 atom stereocenters. The van der Waals surface area contributed by atoms with Crippen LogP contribution in [0.15, 0.2) is 48.0 Å². The topological polar surface area (TPSA) is 113 Å². The predicted octanol–water partition coefficient (Wildman–Crippen LogP) is 4.42. The van der Waals surface area contributed by atoms with Gasteiger partial charge in [-0.3, -0.25) is 14.4 Å². The lowest BCUT2D eigenvalue weighted by atomic mass is 9.95. The van der Waals surface area contributed by atoms with E-state index in [1.165, 1.54) is 25.2 Å². The number of benzene rings is 2. The molecule has 2 aromatic carbocycles. The van der Waals surface area contributed by atoms with Gasteiger partial charge in [0, 0.05) is 23.6 Å². The van der Waals surface area contributed by atoms with Crippen molar-refractivity contribution in [3.05, 3.63) is 64.2 Å². The molecule has 0 saturated carbocycles.